The van der Waals surface area contributed by atoms with Crippen LogP contribution in [0, 0.1) is 18.8 Å². The van der Waals surface area contributed by atoms with Crippen LogP contribution in [0.5, 0.6) is 11.5 Å². The Morgan fingerprint density at radius 3 is 2.15 bits per heavy atom. The number of halogens is 2. The van der Waals surface area contributed by atoms with Gasteiger partial charge in [0.25, 0.3) is 0 Å². The summed E-state index contributed by atoms with van der Waals surface area (Å²) in [4.78, 5) is 4.37. The minimum absolute atomic E-state index is 0.142. The average molecular weight is 757 g/mol. The molecule has 4 atom stereocenters. The molecule has 1 aliphatic carbocycles. The molecule has 10 heteroatoms. The van der Waals surface area contributed by atoms with Gasteiger partial charge in [-0.1, -0.05) is 57.5 Å². The minimum atomic E-state index is -0.710. The molecule has 5 aromatic rings. The van der Waals surface area contributed by atoms with Crippen LogP contribution >= 0.6 is 11.6 Å². The molecule has 3 aromatic heterocycles. The fourth-order valence-electron chi connectivity index (χ4n) is 7.36. The van der Waals surface area contributed by atoms with Crippen molar-refractivity contribution in [3.8, 4) is 33.8 Å². The van der Waals surface area contributed by atoms with E-state index in [1.165, 1.54) is 0 Å². The van der Waals surface area contributed by atoms with Crippen molar-refractivity contribution in [2.45, 2.75) is 104 Å². The molecule has 3 heterocycles. The number of aryl methyl sites for hydroxylation is 1. The van der Waals surface area contributed by atoms with Crippen LogP contribution in [-0.2, 0) is 0 Å². The monoisotopic (exact) mass is 756 g/mol. The zero-order valence-corrected chi connectivity index (χ0v) is 33.7. The van der Waals surface area contributed by atoms with Crippen LogP contribution < -0.4 is 26.3 Å². The molecule has 0 radical (unpaired) electrons. The molecule has 0 bridgehead atoms. The topological polar surface area (TPSA) is 113 Å². The number of anilines is 1. The summed E-state index contributed by atoms with van der Waals surface area (Å²) in [6.45, 7) is 15.7. The van der Waals surface area contributed by atoms with Gasteiger partial charge in [0.05, 0.1) is 16.7 Å². The molecule has 0 spiro atoms. The molecule has 0 amide bonds. The van der Waals surface area contributed by atoms with E-state index >= 15 is 0 Å². The Bertz CT molecular complexity index is 1980. The number of hydrogen-bond acceptors (Lipinski definition) is 7. The van der Waals surface area contributed by atoms with Crippen molar-refractivity contribution in [3.63, 3.8) is 0 Å². The summed E-state index contributed by atoms with van der Waals surface area (Å²) in [7, 11) is 0. The van der Waals surface area contributed by atoms with Crippen molar-refractivity contribution in [3.05, 3.63) is 95.9 Å². The predicted molar refractivity (Wildman–Crippen MR) is 221 cm³/mol. The Labute approximate surface area is 325 Å². The highest BCUT2D eigenvalue weighted by Crippen LogP contribution is 2.33. The van der Waals surface area contributed by atoms with E-state index in [0.29, 0.717) is 48.7 Å². The summed E-state index contributed by atoms with van der Waals surface area (Å²) in [6.07, 6.45) is 8.72. The SMILES string of the molecule is CC(C)C[C@](C)(N)COc1ccc(-c2ccnc(NC3CCC(F)C3)c2)cc1Cl.Cc1cc(-c2cnn3ccccc23)ccc1OC[C@@](C)(N)CC(C)C. The molecular formula is C44H58ClFN6O2. The molecule has 54 heavy (non-hydrogen) atoms. The summed E-state index contributed by atoms with van der Waals surface area (Å²) >= 11 is 6.47. The largest absolute Gasteiger partial charge is 0.491 e. The summed E-state index contributed by atoms with van der Waals surface area (Å²) in [5, 5.41) is 8.30. The van der Waals surface area contributed by atoms with Gasteiger partial charge >= 0.3 is 0 Å². The van der Waals surface area contributed by atoms with Crippen molar-refractivity contribution in [2.24, 2.45) is 23.3 Å². The zero-order valence-electron chi connectivity index (χ0n) is 32.9. The van der Waals surface area contributed by atoms with Crippen LogP contribution in [0.1, 0.15) is 79.2 Å². The molecule has 6 rings (SSSR count). The fraction of sp³-hybridized carbons (Fsp3) is 0.455. The van der Waals surface area contributed by atoms with Crippen LogP contribution in [0.15, 0.2) is 85.3 Å². The number of benzene rings is 2. The second-order valence-electron chi connectivity index (χ2n) is 16.5. The Morgan fingerprint density at radius 1 is 0.870 bits per heavy atom. The smallest absolute Gasteiger partial charge is 0.138 e. The minimum Gasteiger partial charge on any atom is -0.491 e. The molecule has 0 saturated heterocycles. The number of fused-ring (bicyclic) bond motifs is 1. The quantitative estimate of drug-likeness (QED) is 0.103. The van der Waals surface area contributed by atoms with Gasteiger partial charge in [0.15, 0.2) is 0 Å². The van der Waals surface area contributed by atoms with Crippen LogP contribution in [0.25, 0.3) is 27.8 Å². The lowest BCUT2D eigenvalue weighted by Gasteiger charge is -2.27. The van der Waals surface area contributed by atoms with Gasteiger partial charge in [-0.25, -0.2) is 13.9 Å². The third-order valence-corrected chi connectivity index (χ3v) is 9.82. The molecule has 0 aliphatic heterocycles. The van der Waals surface area contributed by atoms with Gasteiger partial charge in [-0.05, 0) is 135 Å². The fourth-order valence-corrected chi connectivity index (χ4v) is 7.59. The first-order chi connectivity index (χ1) is 25.6. The van der Waals surface area contributed by atoms with Crippen molar-refractivity contribution < 1.29 is 13.9 Å². The number of hydrogen-bond donors (Lipinski definition) is 3. The maximum atomic E-state index is 13.4. The van der Waals surface area contributed by atoms with Gasteiger partial charge in [-0.15, -0.1) is 0 Å². The molecule has 8 nitrogen and oxygen atoms in total. The van der Waals surface area contributed by atoms with E-state index in [4.69, 9.17) is 32.5 Å². The van der Waals surface area contributed by atoms with Crippen molar-refractivity contribution in [1.82, 2.24) is 14.6 Å². The third kappa shape index (κ3) is 11.7. The summed E-state index contributed by atoms with van der Waals surface area (Å²) in [5.74, 6) is 3.33. The molecule has 1 aliphatic rings. The van der Waals surface area contributed by atoms with Crippen molar-refractivity contribution in [1.29, 1.82) is 0 Å². The number of ether oxygens (including phenoxy) is 2. The Kier molecular flexibility index (Phi) is 13.6. The lowest BCUT2D eigenvalue weighted by molar-refractivity contribution is 0.206. The molecular weight excluding hydrogens is 699 g/mol. The summed E-state index contributed by atoms with van der Waals surface area (Å²) < 4.78 is 27.2. The van der Waals surface area contributed by atoms with E-state index in [2.05, 4.69) is 75.1 Å². The van der Waals surface area contributed by atoms with Gasteiger partial charge in [-0.2, -0.15) is 5.10 Å². The van der Waals surface area contributed by atoms with Gasteiger partial charge in [0.1, 0.15) is 36.7 Å². The van der Waals surface area contributed by atoms with E-state index in [9.17, 15) is 4.39 Å². The van der Waals surface area contributed by atoms with E-state index in [0.717, 1.165) is 64.2 Å². The number of alkyl halides is 1. The average Bonchev–Trinajstić information content (AvgIpc) is 3.72. The van der Waals surface area contributed by atoms with Crippen LogP contribution in [-0.4, -0.2) is 51.1 Å². The van der Waals surface area contributed by atoms with E-state index in [1.807, 2.05) is 72.4 Å². The highest BCUT2D eigenvalue weighted by Gasteiger charge is 2.25. The van der Waals surface area contributed by atoms with Gasteiger partial charge in [0.2, 0.25) is 0 Å². The molecule has 2 aromatic carbocycles. The molecule has 1 fully saturated rings. The molecule has 5 N–H and O–H groups in total. The van der Waals surface area contributed by atoms with Crippen LogP contribution in [0.3, 0.4) is 0 Å². The Morgan fingerprint density at radius 2 is 1.52 bits per heavy atom. The standard InChI is InChI=1S/C23H31ClFN3O.C21H27N3O/c1-15(2)13-23(3,26)14-29-21-7-4-16(10-20(21)24)17-8-9-27-22(11-17)28-19-6-5-18(25)12-19;1-15(2)12-21(4,22)14-25-20-9-8-17(11-16(20)3)18-13-23-24-10-6-5-7-19(18)24/h4,7-11,15,18-19H,5-6,12-14,26H2,1-3H3,(H,27,28);5-11,13,15H,12,14,22H2,1-4H3/t18?,19?,23-;21-/m00/s1. The Balaban J connectivity index is 0.000000210. The maximum Gasteiger partial charge on any atom is 0.138 e. The second kappa shape index (κ2) is 18.0. The number of pyridine rings is 2. The van der Waals surface area contributed by atoms with E-state index in [-0.39, 0.29) is 11.6 Å². The van der Waals surface area contributed by atoms with E-state index in [1.54, 1.807) is 6.20 Å². The number of nitrogens with zero attached hydrogens (tertiary/aromatic N) is 3. The van der Waals surface area contributed by atoms with Gasteiger partial charge in [0, 0.05) is 35.1 Å². The number of aromatic nitrogens is 3. The molecule has 1 saturated carbocycles. The normalized spacial score (nSPS) is 17.9. The van der Waals surface area contributed by atoms with Crippen LogP contribution in [0.2, 0.25) is 5.02 Å². The first-order valence-electron chi connectivity index (χ1n) is 19.1. The lowest BCUT2D eigenvalue weighted by Crippen LogP contribution is -2.43. The first kappa shape index (κ1) is 41.0. The maximum absolute atomic E-state index is 13.4. The van der Waals surface area contributed by atoms with Crippen molar-refractivity contribution in [2.75, 3.05) is 18.5 Å². The predicted octanol–water partition coefficient (Wildman–Crippen LogP) is 10.3. The first-order valence-corrected chi connectivity index (χ1v) is 19.5. The highest BCUT2D eigenvalue weighted by molar-refractivity contribution is 6.32. The highest BCUT2D eigenvalue weighted by atomic mass is 35.5. The summed E-state index contributed by atoms with van der Waals surface area (Å²) in [5.41, 5.74) is 18.4. The number of nitrogens with two attached hydrogens (primary N) is 2. The lowest BCUT2D eigenvalue weighted by atomic mass is 9.93. The third-order valence-electron chi connectivity index (χ3n) is 9.52. The zero-order chi connectivity index (χ0) is 39.0. The Hall–Kier alpha value is -4.18. The number of nitrogens with one attached hydrogen (secondary N) is 1. The van der Waals surface area contributed by atoms with Gasteiger partial charge in [-0.3, -0.25) is 0 Å². The van der Waals surface area contributed by atoms with Crippen molar-refractivity contribution >= 4 is 22.9 Å². The van der Waals surface area contributed by atoms with Crippen LogP contribution in [0.4, 0.5) is 10.2 Å². The molecule has 290 valence electrons. The second-order valence-corrected chi connectivity index (χ2v) is 16.9. The van der Waals surface area contributed by atoms with E-state index < -0.39 is 11.7 Å². The summed E-state index contributed by atoms with van der Waals surface area (Å²) in [6, 6.07) is 22.1. The molecule has 2 unspecified atom stereocenters. The van der Waals surface area contributed by atoms with Gasteiger partial charge < -0.3 is 26.3 Å². The number of rotatable bonds is 14.